The molecule has 1 heterocycles. The quantitative estimate of drug-likeness (QED) is 0.665. The maximum atomic E-state index is 11.8. The normalized spacial score (nSPS) is 15.9. The fraction of sp³-hybridized carbons (Fsp3) is 0.571. The van der Waals surface area contributed by atoms with Crippen LogP contribution in [0, 0.1) is 5.41 Å². The van der Waals surface area contributed by atoms with Gasteiger partial charge in [0.15, 0.2) is 0 Å². The average molecular weight is 311 g/mol. The zero-order valence-corrected chi connectivity index (χ0v) is 12.9. The van der Waals surface area contributed by atoms with Crippen LogP contribution in [0.25, 0.3) is 0 Å². The number of primary amides is 1. The number of hydrogen-bond donors (Lipinski definition) is 2. The Labute approximate surface area is 128 Å². The molecule has 0 aromatic carbocycles. The van der Waals surface area contributed by atoms with Gasteiger partial charge in [-0.2, -0.15) is 0 Å². The number of amides is 4. The topological polar surface area (TPSA) is 119 Å². The molecule has 8 nitrogen and oxygen atoms in total. The van der Waals surface area contributed by atoms with Crippen LogP contribution in [0.4, 0.5) is 4.79 Å². The molecule has 8 heteroatoms. The highest BCUT2D eigenvalue weighted by molar-refractivity contribution is 6.13. The molecule has 1 unspecified atom stereocenters. The van der Waals surface area contributed by atoms with Crippen LogP contribution in [-0.2, 0) is 19.1 Å². The lowest BCUT2D eigenvalue weighted by Gasteiger charge is -2.29. The zero-order valence-electron chi connectivity index (χ0n) is 12.9. The van der Waals surface area contributed by atoms with Gasteiger partial charge in [0.25, 0.3) is 11.8 Å². The lowest BCUT2D eigenvalue weighted by Crippen LogP contribution is -2.44. The Balaban J connectivity index is 2.42. The first-order valence-corrected chi connectivity index (χ1v) is 6.87. The molecule has 122 valence electrons. The van der Waals surface area contributed by atoms with E-state index in [1.54, 1.807) is 0 Å². The summed E-state index contributed by atoms with van der Waals surface area (Å²) in [6.07, 6.45) is 0.818. The molecule has 0 saturated heterocycles. The molecule has 1 aliphatic heterocycles. The van der Waals surface area contributed by atoms with Gasteiger partial charge in [-0.25, -0.2) is 4.79 Å². The third kappa shape index (κ3) is 5.19. The fourth-order valence-electron chi connectivity index (χ4n) is 1.82. The second-order valence-electron chi connectivity index (χ2n) is 6.01. The standard InChI is InChI=1S/C14H21N3O5/c1-14(2,3)9(22-13(15)21)8-16-10(18)6-7-17-11(19)4-5-12(17)20/h4-5,9H,6-8H2,1-3H3,(H2,15,21)(H,16,18). The molecule has 0 aromatic heterocycles. The highest BCUT2D eigenvalue weighted by atomic mass is 16.6. The van der Waals surface area contributed by atoms with Crippen LogP contribution >= 0.6 is 0 Å². The maximum absolute atomic E-state index is 11.8. The van der Waals surface area contributed by atoms with Crippen LogP contribution < -0.4 is 11.1 Å². The molecule has 0 aromatic rings. The minimum absolute atomic E-state index is 0.00730. The molecule has 4 amide bonds. The van der Waals surface area contributed by atoms with E-state index in [-0.39, 0.29) is 25.4 Å². The summed E-state index contributed by atoms with van der Waals surface area (Å²) in [5.74, 6) is -1.21. The first kappa shape index (κ1) is 17.7. The number of ether oxygens (including phenoxy) is 1. The predicted octanol–water partition coefficient (Wildman–Crippen LogP) is -0.0723. The second kappa shape index (κ2) is 7.06. The molecule has 1 aliphatic rings. The molecular weight excluding hydrogens is 290 g/mol. The van der Waals surface area contributed by atoms with Crippen molar-refractivity contribution in [1.29, 1.82) is 0 Å². The Morgan fingerprint density at radius 2 is 1.82 bits per heavy atom. The van der Waals surface area contributed by atoms with Gasteiger partial charge in [-0.05, 0) is 0 Å². The van der Waals surface area contributed by atoms with E-state index in [1.165, 1.54) is 0 Å². The Morgan fingerprint density at radius 1 is 1.27 bits per heavy atom. The van der Waals surface area contributed by atoms with E-state index >= 15 is 0 Å². The van der Waals surface area contributed by atoms with E-state index in [0.717, 1.165) is 17.1 Å². The van der Waals surface area contributed by atoms with Crippen LogP contribution in [0.3, 0.4) is 0 Å². The number of hydrogen-bond acceptors (Lipinski definition) is 5. The number of imide groups is 1. The summed E-state index contributed by atoms with van der Waals surface area (Å²) in [4.78, 5) is 46.3. The lowest BCUT2D eigenvalue weighted by molar-refractivity contribution is -0.137. The van der Waals surface area contributed by atoms with Crippen molar-refractivity contribution < 1.29 is 23.9 Å². The molecule has 0 aliphatic carbocycles. The Hall–Kier alpha value is -2.38. The highest BCUT2D eigenvalue weighted by Gasteiger charge is 2.28. The molecule has 0 saturated carbocycles. The SMILES string of the molecule is CC(C)(C)C(CNC(=O)CCN1C(=O)C=CC1=O)OC(N)=O. The Kier molecular flexibility index (Phi) is 5.67. The summed E-state index contributed by atoms with van der Waals surface area (Å²) in [6.45, 7) is 5.65. The summed E-state index contributed by atoms with van der Waals surface area (Å²) in [6, 6.07) is 0. The molecule has 3 N–H and O–H groups in total. The van der Waals surface area contributed by atoms with Crippen molar-refractivity contribution in [1.82, 2.24) is 10.2 Å². The van der Waals surface area contributed by atoms with Crippen molar-refractivity contribution in [3.63, 3.8) is 0 Å². The Bertz CT molecular complexity index is 489. The Morgan fingerprint density at radius 3 is 2.27 bits per heavy atom. The van der Waals surface area contributed by atoms with Crippen molar-refractivity contribution in [2.75, 3.05) is 13.1 Å². The van der Waals surface area contributed by atoms with Crippen molar-refractivity contribution in [2.24, 2.45) is 11.1 Å². The van der Waals surface area contributed by atoms with E-state index < -0.39 is 29.4 Å². The monoisotopic (exact) mass is 311 g/mol. The molecule has 0 radical (unpaired) electrons. The van der Waals surface area contributed by atoms with E-state index in [9.17, 15) is 19.2 Å². The minimum atomic E-state index is -0.909. The van der Waals surface area contributed by atoms with Gasteiger partial charge >= 0.3 is 6.09 Å². The molecule has 0 spiro atoms. The van der Waals surface area contributed by atoms with Gasteiger partial charge in [-0.1, -0.05) is 20.8 Å². The zero-order chi connectivity index (χ0) is 16.9. The van der Waals surface area contributed by atoms with Gasteiger partial charge in [0, 0.05) is 30.5 Å². The lowest BCUT2D eigenvalue weighted by atomic mass is 9.89. The average Bonchev–Trinajstić information content (AvgIpc) is 2.70. The van der Waals surface area contributed by atoms with Gasteiger partial charge in [-0.15, -0.1) is 0 Å². The summed E-state index contributed by atoms with van der Waals surface area (Å²) >= 11 is 0. The minimum Gasteiger partial charge on any atom is -0.444 e. The summed E-state index contributed by atoms with van der Waals surface area (Å²) in [5.41, 5.74) is 4.61. The molecule has 0 fully saturated rings. The fourth-order valence-corrected chi connectivity index (χ4v) is 1.82. The molecule has 0 bridgehead atoms. The third-order valence-electron chi connectivity index (χ3n) is 3.17. The van der Waals surface area contributed by atoms with E-state index in [0.29, 0.717) is 0 Å². The van der Waals surface area contributed by atoms with Gasteiger partial charge in [0.2, 0.25) is 5.91 Å². The first-order chi connectivity index (χ1) is 10.1. The van der Waals surface area contributed by atoms with Gasteiger partial charge in [0.05, 0.1) is 6.54 Å². The van der Waals surface area contributed by atoms with Crippen molar-refractivity contribution in [3.05, 3.63) is 12.2 Å². The summed E-state index contributed by atoms with van der Waals surface area (Å²) < 4.78 is 4.97. The number of nitrogens with two attached hydrogens (primary N) is 1. The number of nitrogens with one attached hydrogen (secondary N) is 1. The molecular formula is C14H21N3O5. The van der Waals surface area contributed by atoms with Crippen LogP contribution in [-0.4, -0.2) is 47.9 Å². The van der Waals surface area contributed by atoms with Crippen LogP contribution in [0.5, 0.6) is 0 Å². The number of rotatable bonds is 6. The van der Waals surface area contributed by atoms with Crippen molar-refractivity contribution in [3.8, 4) is 0 Å². The molecule has 1 rings (SSSR count). The molecule has 1 atom stereocenters. The third-order valence-corrected chi connectivity index (χ3v) is 3.17. The van der Waals surface area contributed by atoms with Crippen LogP contribution in [0.1, 0.15) is 27.2 Å². The largest absolute Gasteiger partial charge is 0.444 e. The number of carbonyl (C=O) groups is 4. The summed E-state index contributed by atoms with van der Waals surface area (Å²) in [5, 5.41) is 2.61. The van der Waals surface area contributed by atoms with Crippen molar-refractivity contribution >= 4 is 23.8 Å². The van der Waals surface area contributed by atoms with E-state index in [1.807, 2.05) is 20.8 Å². The van der Waals surface area contributed by atoms with E-state index in [2.05, 4.69) is 5.32 Å². The van der Waals surface area contributed by atoms with Gasteiger partial charge in [0.1, 0.15) is 6.10 Å². The predicted molar refractivity (Wildman–Crippen MR) is 77.4 cm³/mol. The van der Waals surface area contributed by atoms with Crippen molar-refractivity contribution in [2.45, 2.75) is 33.3 Å². The van der Waals surface area contributed by atoms with Gasteiger partial charge < -0.3 is 15.8 Å². The van der Waals surface area contributed by atoms with Crippen LogP contribution in [0.15, 0.2) is 12.2 Å². The maximum Gasteiger partial charge on any atom is 0.404 e. The molecule has 22 heavy (non-hydrogen) atoms. The number of carbonyl (C=O) groups excluding carboxylic acids is 4. The first-order valence-electron chi connectivity index (χ1n) is 6.87. The number of nitrogens with zero attached hydrogens (tertiary/aromatic N) is 1. The van der Waals surface area contributed by atoms with Gasteiger partial charge in [-0.3, -0.25) is 19.3 Å². The van der Waals surface area contributed by atoms with E-state index in [4.69, 9.17) is 10.5 Å². The van der Waals surface area contributed by atoms with Crippen LogP contribution in [0.2, 0.25) is 0 Å². The smallest absolute Gasteiger partial charge is 0.404 e. The summed E-state index contributed by atoms with van der Waals surface area (Å²) in [7, 11) is 0. The second-order valence-corrected chi connectivity index (χ2v) is 6.01. The highest BCUT2D eigenvalue weighted by Crippen LogP contribution is 2.21.